The summed E-state index contributed by atoms with van der Waals surface area (Å²) >= 11 is 0. The third-order valence-corrected chi connectivity index (χ3v) is 2.62. The lowest BCUT2D eigenvalue weighted by atomic mass is 10.1. The van der Waals surface area contributed by atoms with Crippen LogP contribution < -0.4 is 4.90 Å². The maximum absolute atomic E-state index is 12.7. The molecule has 2 aromatic rings. The Kier molecular flexibility index (Phi) is 3.52. The summed E-state index contributed by atoms with van der Waals surface area (Å²) in [6.45, 7) is 0. The first-order valence-electron chi connectivity index (χ1n) is 5.70. The molecule has 2 rings (SSSR count). The van der Waals surface area contributed by atoms with Crippen LogP contribution in [0.1, 0.15) is 5.56 Å². The van der Waals surface area contributed by atoms with E-state index in [0.29, 0.717) is 5.95 Å². The maximum atomic E-state index is 12.7. The topological polar surface area (TPSA) is 49.2 Å². The third-order valence-electron chi connectivity index (χ3n) is 2.62. The minimum Gasteiger partial charge on any atom is -0.504 e. The van der Waals surface area contributed by atoms with Gasteiger partial charge in [0.05, 0.1) is 11.8 Å². The van der Waals surface area contributed by atoms with Crippen molar-refractivity contribution in [1.82, 2.24) is 9.97 Å². The van der Waals surface area contributed by atoms with E-state index in [1.807, 2.05) is 0 Å². The van der Waals surface area contributed by atoms with Gasteiger partial charge in [-0.25, -0.2) is 9.97 Å². The molecule has 0 aliphatic carbocycles. The van der Waals surface area contributed by atoms with Gasteiger partial charge < -0.3 is 10.0 Å². The molecule has 0 amide bonds. The lowest BCUT2D eigenvalue weighted by Crippen LogP contribution is -2.12. The molecule has 0 atom stereocenters. The van der Waals surface area contributed by atoms with E-state index in [1.165, 1.54) is 12.1 Å². The molecule has 0 aliphatic rings. The molecular weight excluding hydrogens is 271 g/mol. The number of rotatable bonds is 2. The van der Waals surface area contributed by atoms with E-state index in [2.05, 4.69) is 9.97 Å². The van der Waals surface area contributed by atoms with Crippen molar-refractivity contribution >= 4 is 5.95 Å². The number of hydrogen-bond donors (Lipinski definition) is 1. The molecule has 4 nitrogen and oxygen atoms in total. The van der Waals surface area contributed by atoms with E-state index >= 15 is 0 Å². The van der Waals surface area contributed by atoms with Crippen LogP contribution >= 0.6 is 0 Å². The molecule has 0 aliphatic heterocycles. The minimum absolute atomic E-state index is 0.0646. The second-order valence-corrected chi connectivity index (χ2v) is 4.38. The van der Waals surface area contributed by atoms with Gasteiger partial charge in [-0.05, 0) is 12.1 Å². The molecule has 1 aromatic carbocycles. The van der Waals surface area contributed by atoms with Gasteiger partial charge in [-0.1, -0.05) is 12.1 Å². The zero-order valence-corrected chi connectivity index (χ0v) is 10.8. The predicted molar refractivity (Wildman–Crippen MR) is 68.5 cm³/mol. The highest BCUT2D eigenvalue weighted by Gasteiger charge is 2.30. The molecular formula is C13H12F3N3O. The first-order valence-corrected chi connectivity index (χ1v) is 5.70. The van der Waals surface area contributed by atoms with Crippen molar-refractivity contribution in [1.29, 1.82) is 0 Å². The molecule has 7 heteroatoms. The highest BCUT2D eigenvalue weighted by Crippen LogP contribution is 2.34. The SMILES string of the molecule is CN(C)c1ncc(O)c(-c2cccc(C(F)(F)F)c2)n1. The van der Waals surface area contributed by atoms with Crippen molar-refractivity contribution in [3.05, 3.63) is 36.0 Å². The molecule has 0 radical (unpaired) electrons. The van der Waals surface area contributed by atoms with Crippen LogP contribution in [0.5, 0.6) is 5.75 Å². The van der Waals surface area contributed by atoms with Crippen LogP contribution in [0.25, 0.3) is 11.3 Å². The van der Waals surface area contributed by atoms with Crippen LogP contribution in [0, 0.1) is 0 Å². The summed E-state index contributed by atoms with van der Waals surface area (Å²) in [6.07, 6.45) is -3.28. The Morgan fingerprint density at radius 1 is 1.20 bits per heavy atom. The van der Waals surface area contributed by atoms with Gasteiger partial charge >= 0.3 is 6.18 Å². The van der Waals surface area contributed by atoms with E-state index in [9.17, 15) is 18.3 Å². The summed E-state index contributed by atoms with van der Waals surface area (Å²) in [5.74, 6) is 0.0325. The summed E-state index contributed by atoms with van der Waals surface area (Å²) in [5, 5.41) is 9.74. The smallest absolute Gasteiger partial charge is 0.416 e. The average molecular weight is 283 g/mol. The van der Waals surface area contributed by atoms with Crippen molar-refractivity contribution in [3.63, 3.8) is 0 Å². The first-order chi connectivity index (χ1) is 9.29. The number of aromatic hydroxyl groups is 1. The maximum Gasteiger partial charge on any atom is 0.416 e. The number of halogens is 3. The zero-order chi connectivity index (χ0) is 14.9. The van der Waals surface area contributed by atoms with Gasteiger partial charge in [-0.15, -0.1) is 0 Å². The molecule has 0 saturated heterocycles. The molecule has 0 spiro atoms. The number of hydrogen-bond acceptors (Lipinski definition) is 4. The quantitative estimate of drug-likeness (QED) is 0.920. The zero-order valence-electron chi connectivity index (χ0n) is 10.8. The van der Waals surface area contributed by atoms with Gasteiger partial charge in [0.25, 0.3) is 0 Å². The first kappa shape index (κ1) is 14.1. The Labute approximate surface area is 113 Å². The fourth-order valence-corrected chi connectivity index (χ4v) is 1.64. The van der Waals surface area contributed by atoms with E-state index in [4.69, 9.17) is 0 Å². The van der Waals surface area contributed by atoms with Crippen LogP contribution in [0.4, 0.5) is 19.1 Å². The second kappa shape index (κ2) is 4.99. The second-order valence-electron chi connectivity index (χ2n) is 4.38. The van der Waals surface area contributed by atoms with Crippen LogP contribution in [-0.2, 0) is 6.18 Å². The lowest BCUT2D eigenvalue weighted by molar-refractivity contribution is -0.137. The normalized spacial score (nSPS) is 11.4. The number of benzene rings is 1. The highest BCUT2D eigenvalue weighted by atomic mass is 19.4. The molecule has 20 heavy (non-hydrogen) atoms. The molecule has 0 saturated carbocycles. The molecule has 0 unspecified atom stereocenters. The fourth-order valence-electron chi connectivity index (χ4n) is 1.64. The Bertz CT molecular complexity index is 626. The van der Waals surface area contributed by atoms with Gasteiger partial charge in [0.15, 0.2) is 5.75 Å². The number of aromatic nitrogens is 2. The van der Waals surface area contributed by atoms with Crippen molar-refractivity contribution in [3.8, 4) is 17.0 Å². The predicted octanol–water partition coefficient (Wildman–Crippen LogP) is 2.93. The van der Waals surface area contributed by atoms with Gasteiger partial charge in [0.1, 0.15) is 5.69 Å². The average Bonchev–Trinajstić information content (AvgIpc) is 2.38. The van der Waals surface area contributed by atoms with Gasteiger partial charge in [-0.3, -0.25) is 0 Å². The monoisotopic (exact) mass is 283 g/mol. The Hall–Kier alpha value is -2.31. The van der Waals surface area contributed by atoms with Crippen LogP contribution in [-0.4, -0.2) is 29.2 Å². The van der Waals surface area contributed by atoms with Crippen LogP contribution in [0.15, 0.2) is 30.5 Å². The summed E-state index contributed by atoms with van der Waals surface area (Å²) < 4.78 is 38.1. The molecule has 1 heterocycles. The molecule has 0 bridgehead atoms. The largest absolute Gasteiger partial charge is 0.504 e. The highest BCUT2D eigenvalue weighted by molar-refractivity contribution is 5.67. The summed E-state index contributed by atoms with van der Waals surface area (Å²) in [5.41, 5.74) is -0.544. The van der Waals surface area contributed by atoms with Gasteiger partial charge in [0, 0.05) is 19.7 Å². The standard InChI is InChI=1S/C13H12F3N3O/c1-19(2)12-17-7-10(20)11(18-12)8-4-3-5-9(6-8)13(14,15)16/h3-7,20H,1-2H3. The summed E-state index contributed by atoms with van der Waals surface area (Å²) in [6, 6.07) is 4.64. The van der Waals surface area contributed by atoms with Gasteiger partial charge in [0.2, 0.25) is 5.95 Å². The lowest BCUT2D eigenvalue weighted by Gasteiger charge is -2.13. The van der Waals surface area contributed by atoms with E-state index in [0.717, 1.165) is 18.3 Å². The molecule has 1 aromatic heterocycles. The van der Waals surface area contributed by atoms with E-state index < -0.39 is 11.7 Å². The number of nitrogens with zero attached hydrogens (tertiary/aromatic N) is 3. The summed E-state index contributed by atoms with van der Waals surface area (Å²) in [4.78, 5) is 9.53. The Balaban J connectivity index is 2.54. The third kappa shape index (κ3) is 2.81. The van der Waals surface area contributed by atoms with Crippen molar-refractivity contribution in [2.75, 3.05) is 19.0 Å². The molecule has 106 valence electrons. The minimum atomic E-state index is -4.44. The fraction of sp³-hybridized carbons (Fsp3) is 0.231. The summed E-state index contributed by atoms with van der Waals surface area (Å²) in [7, 11) is 3.39. The van der Waals surface area contributed by atoms with Crippen LogP contribution in [0.3, 0.4) is 0 Å². The number of alkyl halides is 3. The van der Waals surface area contributed by atoms with Crippen molar-refractivity contribution < 1.29 is 18.3 Å². The molecule has 0 fully saturated rings. The van der Waals surface area contributed by atoms with Gasteiger partial charge in [-0.2, -0.15) is 13.2 Å². The molecule has 1 N–H and O–H groups in total. The van der Waals surface area contributed by atoms with Crippen LogP contribution in [0.2, 0.25) is 0 Å². The Morgan fingerprint density at radius 3 is 2.50 bits per heavy atom. The van der Waals surface area contributed by atoms with E-state index in [1.54, 1.807) is 19.0 Å². The van der Waals surface area contributed by atoms with Crippen molar-refractivity contribution in [2.45, 2.75) is 6.18 Å². The van der Waals surface area contributed by atoms with Crippen molar-refractivity contribution in [2.24, 2.45) is 0 Å². The Morgan fingerprint density at radius 2 is 1.90 bits per heavy atom. The number of anilines is 1. The van der Waals surface area contributed by atoms with E-state index in [-0.39, 0.29) is 17.0 Å².